The van der Waals surface area contributed by atoms with Gasteiger partial charge in [0.25, 0.3) is 0 Å². The Labute approximate surface area is 202 Å². The fraction of sp³-hybridized carbons (Fsp3) is 0.462. The third-order valence-corrected chi connectivity index (χ3v) is 6.72. The van der Waals surface area contributed by atoms with Gasteiger partial charge >= 0.3 is 0 Å². The van der Waals surface area contributed by atoms with Crippen molar-refractivity contribution in [2.24, 2.45) is 0 Å². The molecule has 2 fully saturated rings. The largest absolute Gasteiger partial charge is 0.472 e. The molecule has 3 heterocycles. The number of alkyl halides is 1. The summed E-state index contributed by atoms with van der Waals surface area (Å²) in [6.07, 6.45) is 0.662. The number of aryl methyl sites for hydroxylation is 1. The first kappa shape index (κ1) is 23.4. The summed E-state index contributed by atoms with van der Waals surface area (Å²) in [7, 11) is 0. The van der Waals surface area contributed by atoms with E-state index < -0.39 is 23.4 Å². The van der Waals surface area contributed by atoms with Crippen LogP contribution in [0.3, 0.4) is 0 Å². The van der Waals surface area contributed by atoms with Crippen molar-refractivity contribution < 1.29 is 18.3 Å². The lowest BCUT2D eigenvalue weighted by Gasteiger charge is -2.21. The molecule has 2 aliphatic rings. The SMILES string of the molecule is Cc1nc(N[C@H](C)c2cccc(C(C)F)c2F)c2cc(C3(C#N)CC3)c(O[C@@H]3CCOC3)nc2n1. The molecule has 2 aromatic heterocycles. The molecule has 1 aliphatic carbocycles. The van der Waals surface area contributed by atoms with Gasteiger partial charge in [0.2, 0.25) is 5.88 Å². The molecule has 1 aliphatic heterocycles. The van der Waals surface area contributed by atoms with Crippen LogP contribution in [-0.2, 0) is 10.2 Å². The van der Waals surface area contributed by atoms with Crippen molar-refractivity contribution in [1.29, 1.82) is 5.26 Å². The topological polar surface area (TPSA) is 93.0 Å². The normalized spacial score (nSPS) is 20.3. The van der Waals surface area contributed by atoms with E-state index >= 15 is 4.39 Å². The first-order valence-electron chi connectivity index (χ1n) is 11.9. The van der Waals surface area contributed by atoms with Crippen LogP contribution < -0.4 is 10.1 Å². The van der Waals surface area contributed by atoms with Gasteiger partial charge < -0.3 is 14.8 Å². The summed E-state index contributed by atoms with van der Waals surface area (Å²) in [5, 5.41) is 13.8. The number of aromatic nitrogens is 3. The molecular weight excluding hydrogens is 452 g/mol. The van der Waals surface area contributed by atoms with Crippen molar-refractivity contribution in [3.8, 4) is 11.9 Å². The number of hydrogen-bond acceptors (Lipinski definition) is 7. The van der Waals surface area contributed by atoms with E-state index in [9.17, 15) is 9.65 Å². The first-order valence-corrected chi connectivity index (χ1v) is 11.9. The Morgan fingerprint density at radius 1 is 1.23 bits per heavy atom. The van der Waals surface area contributed by atoms with Gasteiger partial charge in [-0.2, -0.15) is 10.2 Å². The van der Waals surface area contributed by atoms with Crippen LogP contribution in [-0.4, -0.2) is 34.3 Å². The fourth-order valence-electron chi connectivity index (χ4n) is 4.51. The summed E-state index contributed by atoms with van der Waals surface area (Å²) in [6.45, 7) is 5.96. The average Bonchev–Trinajstić information content (AvgIpc) is 3.45. The third-order valence-electron chi connectivity index (χ3n) is 6.72. The van der Waals surface area contributed by atoms with Gasteiger partial charge in [-0.15, -0.1) is 0 Å². The number of anilines is 1. The second kappa shape index (κ2) is 9.00. The van der Waals surface area contributed by atoms with Gasteiger partial charge in [-0.1, -0.05) is 18.2 Å². The van der Waals surface area contributed by atoms with E-state index in [1.807, 2.05) is 6.07 Å². The predicted octanol–water partition coefficient (Wildman–Crippen LogP) is 5.40. The van der Waals surface area contributed by atoms with Crippen molar-refractivity contribution >= 4 is 16.9 Å². The lowest BCUT2D eigenvalue weighted by molar-refractivity contribution is 0.137. The smallest absolute Gasteiger partial charge is 0.220 e. The Balaban J connectivity index is 1.57. The molecule has 1 N–H and O–H groups in total. The van der Waals surface area contributed by atoms with Crippen molar-refractivity contribution in [3.05, 3.63) is 52.6 Å². The van der Waals surface area contributed by atoms with Crippen LogP contribution in [0.5, 0.6) is 5.88 Å². The highest BCUT2D eigenvalue weighted by molar-refractivity contribution is 5.88. The quantitative estimate of drug-likeness (QED) is 0.485. The Morgan fingerprint density at radius 2 is 2.00 bits per heavy atom. The maximum absolute atomic E-state index is 15.0. The number of nitriles is 1. The Kier molecular flexibility index (Phi) is 6.01. The van der Waals surface area contributed by atoms with Crippen molar-refractivity contribution in [3.63, 3.8) is 0 Å². The highest BCUT2D eigenvalue weighted by Gasteiger charge is 2.48. The monoisotopic (exact) mass is 479 g/mol. The molecule has 9 heteroatoms. The number of ether oxygens (including phenoxy) is 2. The molecule has 1 aromatic carbocycles. The fourth-order valence-corrected chi connectivity index (χ4v) is 4.51. The van der Waals surface area contributed by atoms with Crippen LogP contribution in [0.15, 0.2) is 24.3 Å². The molecule has 182 valence electrons. The van der Waals surface area contributed by atoms with Crippen LogP contribution in [0.4, 0.5) is 14.6 Å². The van der Waals surface area contributed by atoms with Gasteiger partial charge in [0.1, 0.15) is 29.7 Å². The minimum atomic E-state index is -1.42. The molecular formula is C26H27F2N5O2. The Morgan fingerprint density at radius 3 is 2.66 bits per heavy atom. The summed E-state index contributed by atoms with van der Waals surface area (Å²) in [5.74, 6) is 0.777. The standard InChI is InChI=1S/C26H27F2N5O2/c1-14(27)18-5-4-6-19(22(18)28)15(2)30-23-20-11-21(26(13-29)8-9-26)25(35-17-7-10-34-12-17)33-24(20)32-16(3)31-23/h4-6,11,14-15,17H,7-10,12H2,1-3H3,(H,30,31,32,33)/t14?,15-,17-/m1/s1. The number of fused-ring (bicyclic) bond motifs is 1. The molecule has 7 nitrogen and oxygen atoms in total. The molecule has 0 radical (unpaired) electrons. The molecule has 1 saturated heterocycles. The zero-order chi connectivity index (χ0) is 24.7. The lowest BCUT2D eigenvalue weighted by Crippen LogP contribution is -2.20. The summed E-state index contributed by atoms with van der Waals surface area (Å²) in [4.78, 5) is 13.8. The molecule has 0 bridgehead atoms. The van der Waals surface area contributed by atoms with E-state index in [2.05, 4.69) is 21.4 Å². The van der Waals surface area contributed by atoms with Gasteiger partial charge in [-0.25, -0.2) is 18.7 Å². The number of nitrogens with one attached hydrogen (secondary N) is 1. The molecule has 35 heavy (non-hydrogen) atoms. The van der Waals surface area contributed by atoms with E-state index in [0.717, 1.165) is 19.3 Å². The Bertz CT molecular complexity index is 1310. The number of benzene rings is 1. The highest BCUT2D eigenvalue weighted by atomic mass is 19.1. The zero-order valence-corrected chi connectivity index (χ0v) is 19.9. The molecule has 0 amide bonds. The maximum Gasteiger partial charge on any atom is 0.220 e. The molecule has 3 atom stereocenters. The maximum atomic E-state index is 15.0. The van der Waals surface area contributed by atoms with Gasteiger partial charge in [0.05, 0.1) is 36.1 Å². The van der Waals surface area contributed by atoms with E-state index in [-0.39, 0.29) is 11.7 Å². The number of rotatable bonds is 7. The van der Waals surface area contributed by atoms with Crippen LogP contribution in [0.25, 0.3) is 11.0 Å². The molecule has 3 aromatic rings. The van der Waals surface area contributed by atoms with Crippen LogP contribution in [0.1, 0.15) is 67.8 Å². The number of hydrogen-bond donors (Lipinski definition) is 1. The molecule has 1 saturated carbocycles. The van der Waals surface area contributed by atoms with Crippen molar-refractivity contribution in [2.75, 3.05) is 18.5 Å². The van der Waals surface area contributed by atoms with E-state index in [1.54, 1.807) is 26.0 Å². The molecule has 5 rings (SSSR count). The molecule has 0 spiro atoms. The van der Waals surface area contributed by atoms with Gasteiger partial charge in [0, 0.05) is 23.1 Å². The summed E-state index contributed by atoms with van der Waals surface area (Å²) in [6, 6.07) is 8.51. The third kappa shape index (κ3) is 4.39. The van der Waals surface area contributed by atoms with Gasteiger partial charge in [-0.05, 0) is 39.7 Å². The summed E-state index contributed by atoms with van der Waals surface area (Å²) < 4.78 is 40.5. The van der Waals surface area contributed by atoms with Gasteiger partial charge in [0.15, 0.2) is 5.65 Å². The van der Waals surface area contributed by atoms with Gasteiger partial charge in [-0.3, -0.25) is 0 Å². The van der Waals surface area contributed by atoms with Crippen LogP contribution in [0.2, 0.25) is 0 Å². The van der Waals surface area contributed by atoms with E-state index in [0.29, 0.717) is 52.9 Å². The summed E-state index contributed by atoms with van der Waals surface area (Å²) >= 11 is 0. The van der Waals surface area contributed by atoms with Crippen LogP contribution in [0, 0.1) is 24.1 Å². The van der Waals surface area contributed by atoms with E-state index in [1.165, 1.54) is 13.0 Å². The second-order valence-corrected chi connectivity index (χ2v) is 9.36. The van der Waals surface area contributed by atoms with Crippen molar-refractivity contribution in [2.45, 2.75) is 63.8 Å². The lowest BCUT2D eigenvalue weighted by atomic mass is 9.97. The second-order valence-electron chi connectivity index (χ2n) is 9.36. The summed E-state index contributed by atoms with van der Waals surface area (Å²) in [5.41, 5.74) is 0.835. The predicted molar refractivity (Wildman–Crippen MR) is 126 cm³/mol. The molecule has 1 unspecified atom stereocenters. The zero-order valence-electron chi connectivity index (χ0n) is 19.9. The average molecular weight is 480 g/mol. The highest BCUT2D eigenvalue weighted by Crippen LogP contribution is 2.51. The minimum Gasteiger partial charge on any atom is -0.472 e. The first-order chi connectivity index (χ1) is 16.8. The Hall–Kier alpha value is -3.38. The van der Waals surface area contributed by atoms with E-state index in [4.69, 9.17) is 14.5 Å². The van der Waals surface area contributed by atoms with Crippen molar-refractivity contribution in [1.82, 2.24) is 15.0 Å². The van der Waals surface area contributed by atoms with Crippen LogP contribution >= 0.6 is 0 Å². The number of nitrogens with zero attached hydrogens (tertiary/aromatic N) is 4. The minimum absolute atomic E-state index is 0.0196. The number of pyridine rings is 1. The number of halogens is 2.